The molecule has 21 heavy (non-hydrogen) atoms. The second kappa shape index (κ2) is 7.34. The molecule has 0 aliphatic heterocycles. The molecule has 2 aromatic carbocycles. The van der Waals surface area contributed by atoms with Crippen molar-refractivity contribution in [2.75, 3.05) is 11.9 Å². The van der Waals surface area contributed by atoms with Gasteiger partial charge in [0.25, 0.3) is 5.91 Å². The molecular weight excluding hydrogens is 309 g/mol. The second-order valence-electron chi connectivity index (χ2n) is 4.49. The molecule has 0 unspecified atom stereocenters. The van der Waals surface area contributed by atoms with Crippen LogP contribution in [0.4, 0.5) is 5.69 Å². The maximum Gasteiger partial charge on any atom is 0.255 e. The topological polar surface area (TPSA) is 38.3 Å². The van der Waals surface area contributed by atoms with Gasteiger partial charge in [-0.15, -0.1) is 0 Å². The van der Waals surface area contributed by atoms with Crippen molar-refractivity contribution in [1.29, 1.82) is 0 Å². The summed E-state index contributed by atoms with van der Waals surface area (Å²) in [5, 5.41) is 3.64. The van der Waals surface area contributed by atoms with Crippen molar-refractivity contribution in [3.63, 3.8) is 0 Å². The molecule has 0 bridgehead atoms. The third-order valence-corrected chi connectivity index (χ3v) is 3.15. The van der Waals surface area contributed by atoms with Crippen molar-refractivity contribution >= 4 is 34.8 Å². The van der Waals surface area contributed by atoms with Gasteiger partial charge in [-0.05, 0) is 48.9 Å². The van der Waals surface area contributed by atoms with E-state index in [4.69, 9.17) is 27.9 Å². The van der Waals surface area contributed by atoms with Gasteiger partial charge in [0, 0.05) is 21.3 Å². The first-order valence-electron chi connectivity index (χ1n) is 6.59. The highest BCUT2D eigenvalue weighted by Crippen LogP contribution is 2.21. The largest absolute Gasteiger partial charge is 0.494 e. The standard InChI is InChI=1S/C16H15Cl2NO2/c1-2-7-21-15-5-3-14(4-6-15)19-16(20)11-8-12(17)10-13(18)9-11/h3-6,8-10H,2,7H2,1H3,(H,19,20). The van der Waals surface area contributed by atoms with E-state index in [0.29, 0.717) is 27.9 Å². The highest BCUT2D eigenvalue weighted by atomic mass is 35.5. The molecule has 0 aliphatic carbocycles. The Labute approximate surface area is 133 Å². The molecule has 110 valence electrons. The van der Waals surface area contributed by atoms with Gasteiger partial charge in [0.2, 0.25) is 0 Å². The van der Waals surface area contributed by atoms with E-state index in [1.54, 1.807) is 30.3 Å². The summed E-state index contributed by atoms with van der Waals surface area (Å²) in [7, 11) is 0. The van der Waals surface area contributed by atoms with Crippen LogP contribution in [0.15, 0.2) is 42.5 Å². The Morgan fingerprint density at radius 3 is 2.29 bits per heavy atom. The van der Waals surface area contributed by atoms with Crippen LogP contribution in [0.2, 0.25) is 10.0 Å². The monoisotopic (exact) mass is 323 g/mol. The molecule has 2 aromatic rings. The molecule has 0 fully saturated rings. The third kappa shape index (κ3) is 4.66. The average molecular weight is 324 g/mol. The van der Waals surface area contributed by atoms with Crippen molar-refractivity contribution in [2.24, 2.45) is 0 Å². The molecule has 0 saturated carbocycles. The lowest BCUT2D eigenvalue weighted by Gasteiger charge is -2.08. The van der Waals surface area contributed by atoms with Crippen molar-refractivity contribution in [3.05, 3.63) is 58.1 Å². The number of rotatable bonds is 5. The van der Waals surface area contributed by atoms with Gasteiger partial charge in [0.15, 0.2) is 0 Å². The van der Waals surface area contributed by atoms with Crippen LogP contribution in [0.5, 0.6) is 5.75 Å². The zero-order valence-electron chi connectivity index (χ0n) is 11.5. The van der Waals surface area contributed by atoms with Crippen LogP contribution in [0.1, 0.15) is 23.7 Å². The maximum atomic E-state index is 12.1. The van der Waals surface area contributed by atoms with Gasteiger partial charge >= 0.3 is 0 Å². The molecule has 3 nitrogen and oxygen atoms in total. The SMILES string of the molecule is CCCOc1ccc(NC(=O)c2cc(Cl)cc(Cl)c2)cc1. The lowest BCUT2D eigenvalue weighted by atomic mass is 10.2. The van der Waals surface area contributed by atoms with E-state index >= 15 is 0 Å². The first-order valence-corrected chi connectivity index (χ1v) is 7.34. The van der Waals surface area contributed by atoms with Crippen LogP contribution in [-0.2, 0) is 0 Å². The summed E-state index contributed by atoms with van der Waals surface area (Å²) in [6.45, 7) is 2.72. The van der Waals surface area contributed by atoms with E-state index in [-0.39, 0.29) is 5.91 Å². The fourth-order valence-electron chi connectivity index (χ4n) is 1.74. The number of hydrogen-bond donors (Lipinski definition) is 1. The minimum atomic E-state index is -0.262. The van der Waals surface area contributed by atoms with Crippen LogP contribution in [-0.4, -0.2) is 12.5 Å². The van der Waals surface area contributed by atoms with Gasteiger partial charge in [-0.1, -0.05) is 30.1 Å². The number of benzene rings is 2. The van der Waals surface area contributed by atoms with Gasteiger partial charge in [-0.3, -0.25) is 4.79 Å². The van der Waals surface area contributed by atoms with Crippen molar-refractivity contribution in [1.82, 2.24) is 0 Å². The minimum absolute atomic E-state index is 0.262. The number of carbonyl (C=O) groups is 1. The normalized spacial score (nSPS) is 10.2. The molecule has 0 aromatic heterocycles. The Morgan fingerprint density at radius 2 is 1.71 bits per heavy atom. The molecule has 1 amide bonds. The second-order valence-corrected chi connectivity index (χ2v) is 5.36. The first-order chi connectivity index (χ1) is 10.1. The van der Waals surface area contributed by atoms with Crippen LogP contribution < -0.4 is 10.1 Å². The van der Waals surface area contributed by atoms with E-state index < -0.39 is 0 Å². The summed E-state index contributed by atoms with van der Waals surface area (Å²) in [6.07, 6.45) is 0.952. The van der Waals surface area contributed by atoms with Gasteiger partial charge in [0.05, 0.1) is 6.61 Å². The Kier molecular flexibility index (Phi) is 5.48. The minimum Gasteiger partial charge on any atom is -0.494 e. The van der Waals surface area contributed by atoms with E-state index in [1.807, 2.05) is 19.1 Å². The first kappa shape index (κ1) is 15.7. The number of carbonyl (C=O) groups excluding carboxylic acids is 1. The number of halogens is 2. The predicted molar refractivity (Wildman–Crippen MR) is 86.6 cm³/mol. The molecule has 0 heterocycles. The van der Waals surface area contributed by atoms with Crippen LogP contribution in [0, 0.1) is 0 Å². The molecule has 5 heteroatoms. The lowest BCUT2D eigenvalue weighted by Crippen LogP contribution is -2.11. The van der Waals surface area contributed by atoms with Crippen LogP contribution >= 0.6 is 23.2 Å². The van der Waals surface area contributed by atoms with E-state index in [1.165, 1.54) is 0 Å². The summed E-state index contributed by atoms with van der Waals surface area (Å²) >= 11 is 11.8. The Bertz CT molecular complexity index is 606. The molecule has 0 saturated heterocycles. The predicted octanol–water partition coefficient (Wildman–Crippen LogP) is 5.03. The van der Waals surface area contributed by atoms with Gasteiger partial charge in [-0.2, -0.15) is 0 Å². The number of ether oxygens (including phenoxy) is 1. The Morgan fingerprint density at radius 1 is 1.10 bits per heavy atom. The van der Waals surface area contributed by atoms with Crippen molar-refractivity contribution in [2.45, 2.75) is 13.3 Å². The Hall–Kier alpha value is -1.71. The zero-order valence-corrected chi connectivity index (χ0v) is 13.0. The highest BCUT2D eigenvalue weighted by molar-refractivity contribution is 6.35. The number of amides is 1. The summed E-state index contributed by atoms with van der Waals surface area (Å²) in [5.41, 5.74) is 1.10. The van der Waals surface area contributed by atoms with Crippen LogP contribution in [0.3, 0.4) is 0 Å². The molecule has 2 rings (SSSR count). The van der Waals surface area contributed by atoms with Crippen molar-refractivity contribution < 1.29 is 9.53 Å². The third-order valence-electron chi connectivity index (χ3n) is 2.71. The maximum absolute atomic E-state index is 12.1. The number of nitrogens with one attached hydrogen (secondary N) is 1. The lowest BCUT2D eigenvalue weighted by molar-refractivity contribution is 0.102. The molecular formula is C16H15Cl2NO2. The summed E-state index contributed by atoms with van der Waals surface area (Å²) < 4.78 is 5.48. The van der Waals surface area contributed by atoms with Gasteiger partial charge in [-0.25, -0.2) is 0 Å². The van der Waals surface area contributed by atoms with Crippen LogP contribution in [0.25, 0.3) is 0 Å². The van der Waals surface area contributed by atoms with Crippen molar-refractivity contribution in [3.8, 4) is 5.75 Å². The fraction of sp³-hybridized carbons (Fsp3) is 0.188. The molecule has 0 radical (unpaired) electrons. The summed E-state index contributed by atoms with van der Waals surface area (Å²) in [4.78, 5) is 12.1. The molecule has 0 atom stereocenters. The van der Waals surface area contributed by atoms with E-state index in [9.17, 15) is 4.79 Å². The summed E-state index contributed by atoms with van der Waals surface area (Å²) in [5.74, 6) is 0.516. The smallest absolute Gasteiger partial charge is 0.255 e. The van der Waals surface area contributed by atoms with Gasteiger partial charge in [0.1, 0.15) is 5.75 Å². The number of hydrogen-bond acceptors (Lipinski definition) is 2. The number of anilines is 1. The zero-order chi connectivity index (χ0) is 15.2. The van der Waals surface area contributed by atoms with Gasteiger partial charge < -0.3 is 10.1 Å². The van der Waals surface area contributed by atoms with E-state index in [2.05, 4.69) is 5.32 Å². The molecule has 0 spiro atoms. The van der Waals surface area contributed by atoms with E-state index in [0.717, 1.165) is 12.2 Å². The summed E-state index contributed by atoms with van der Waals surface area (Å²) in [6, 6.07) is 11.9. The average Bonchev–Trinajstić information content (AvgIpc) is 2.45. The molecule has 1 N–H and O–H groups in total. The Balaban J connectivity index is 2.05. The fourth-order valence-corrected chi connectivity index (χ4v) is 2.27. The highest BCUT2D eigenvalue weighted by Gasteiger charge is 2.08. The molecule has 0 aliphatic rings. The quantitative estimate of drug-likeness (QED) is 0.837.